The van der Waals surface area contributed by atoms with Crippen molar-refractivity contribution in [3.05, 3.63) is 45.4 Å². The average molecular weight is 976 g/mol. The number of aliphatic hydroxyl groups is 1. The van der Waals surface area contributed by atoms with Crippen LogP contribution in [0.3, 0.4) is 0 Å². The molecule has 0 atom stereocenters. The van der Waals surface area contributed by atoms with Gasteiger partial charge in [0.2, 0.25) is 10.6 Å². The molecule has 0 bridgehead atoms. The van der Waals surface area contributed by atoms with Crippen molar-refractivity contribution in [1.82, 2.24) is 19.9 Å². The third-order valence-electron chi connectivity index (χ3n) is 10.0. The number of hydrogen-bond donors (Lipinski definition) is 1. The van der Waals surface area contributed by atoms with E-state index < -0.39 is 74.3 Å². The number of ether oxygens (including phenoxy) is 2. The molecule has 69 heavy (non-hydrogen) atoms. The lowest BCUT2D eigenvalue weighted by Gasteiger charge is -2.42. The zero-order valence-corrected chi connectivity index (χ0v) is 42.5. The summed E-state index contributed by atoms with van der Waals surface area (Å²) < 4.78 is 11.2. The lowest BCUT2D eigenvalue weighted by atomic mass is 8.46. The van der Waals surface area contributed by atoms with Crippen LogP contribution in [0.4, 0.5) is 0 Å². The molecule has 0 amide bonds. The fourth-order valence-electron chi connectivity index (χ4n) is 6.64. The molecule has 10 nitrogen and oxygen atoms in total. The Bertz CT molecular complexity index is 1740. The number of hydrogen-bond acceptors (Lipinski definition) is 10. The van der Waals surface area contributed by atoms with Gasteiger partial charge in [-0.05, 0) is 186 Å². The highest BCUT2D eigenvalue weighted by Gasteiger charge is 2.49. The lowest BCUT2D eigenvalue weighted by Crippen LogP contribution is -2.73. The molecular formula is C26H36B30BrCl2N4O6-. The molecule has 32 radical (unpaired) electrons. The SMILES string of the molecule is CC(C)(C)OC(=O)C1CC(=O)C1.CC(C)(C)OC(=O)C1CC(O)(c2cnc(Cl)nc2)C1.Clc1ncc(Br)cn1.[B]B([B])B(B([B])[B])B(B([B])[B])B([B])[B][BH3-].[B][B]B([B])B(B([B])[B])B(B([B])[B])B([B])[B]. The maximum absolute atomic E-state index is 11.8. The monoisotopic (exact) mass is 979 g/mol. The molecule has 2 aromatic heterocycles. The van der Waals surface area contributed by atoms with Crippen LogP contribution in [-0.4, -0.2) is 269 Å². The first-order valence-electron chi connectivity index (χ1n) is 21.2. The molecule has 1 N–H and O–H groups in total. The Labute approximate surface area is 458 Å². The molecule has 43 heteroatoms. The van der Waals surface area contributed by atoms with E-state index in [0.29, 0.717) is 31.2 Å². The Morgan fingerprint density at radius 3 is 1.25 bits per heavy atom. The molecule has 308 valence electrons. The molecule has 2 saturated carbocycles. The molecular weight excluding hydrogens is 939 g/mol. The first-order valence-corrected chi connectivity index (χ1v) is 22.7. The van der Waals surface area contributed by atoms with Crippen LogP contribution in [0.2, 0.25) is 10.6 Å². The summed E-state index contributed by atoms with van der Waals surface area (Å²) in [6, 6.07) is 0. The highest BCUT2D eigenvalue weighted by Crippen LogP contribution is 2.46. The maximum atomic E-state index is 11.8. The minimum Gasteiger partial charge on any atom is -0.460 e. The van der Waals surface area contributed by atoms with Crippen LogP contribution in [0, 0.1) is 11.8 Å². The van der Waals surface area contributed by atoms with Gasteiger partial charge < -0.3 is 14.6 Å². The van der Waals surface area contributed by atoms with E-state index in [2.05, 4.69) is 35.9 Å². The first-order chi connectivity index (χ1) is 31.5. The number of ketones is 1. The Balaban J connectivity index is 0.000000857. The smallest absolute Gasteiger partial charge is 0.310 e. The van der Waals surface area contributed by atoms with Gasteiger partial charge in [-0.3, -0.25) is 14.4 Å². The first kappa shape index (κ1) is 68.7. The van der Waals surface area contributed by atoms with Gasteiger partial charge in [0.05, 0.1) is 21.9 Å². The average Bonchev–Trinajstić information content (AvgIpc) is 3.19. The number of nitrogens with zero attached hydrogens (tertiary/aromatic N) is 4. The predicted octanol–water partition coefficient (Wildman–Crippen LogP) is -6.96. The van der Waals surface area contributed by atoms with Crippen LogP contribution in [0.5, 0.6) is 0 Å². The van der Waals surface area contributed by atoms with Crippen molar-refractivity contribution in [2.75, 3.05) is 0 Å². The summed E-state index contributed by atoms with van der Waals surface area (Å²) in [7, 11) is 87.6. The molecule has 0 aliphatic heterocycles. The van der Waals surface area contributed by atoms with Crippen molar-refractivity contribution in [1.29, 1.82) is 0 Å². The van der Waals surface area contributed by atoms with Crippen LogP contribution in [0.1, 0.15) is 72.8 Å². The van der Waals surface area contributed by atoms with Crippen LogP contribution < -0.4 is 0 Å². The van der Waals surface area contributed by atoms with Gasteiger partial charge in [-0.1, -0.05) is 7.74 Å². The van der Waals surface area contributed by atoms with Gasteiger partial charge in [-0.25, -0.2) is 19.9 Å². The van der Waals surface area contributed by atoms with Crippen molar-refractivity contribution in [3.63, 3.8) is 0 Å². The topological polar surface area (TPSA) is 141 Å². The molecule has 2 heterocycles. The second kappa shape index (κ2) is 32.2. The summed E-state index contributed by atoms with van der Waals surface area (Å²) in [5, 5.41) is 10.8. The quantitative estimate of drug-likeness (QED) is 0.104. The summed E-state index contributed by atoms with van der Waals surface area (Å²) in [6.45, 7) is 10.9. The lowest BCUT2D eigenvalue weighted by molar-refractivity contribution is -0.176. The van der Waals surface area contributed by atoms with Crippen molar-refractivity contribution in [2.24, 2.45) is 11.8 Å². The van der Waals surface area contributed by atoms with Crippen molar-refractivity contribution in [3.8, 4) is 0 Å². The molecule has 0 saturated heterocycles. The number of esters is 2. The van der Waals surface area contributed by atoms with E-state index in [4.69, 9.17) is 149 Å². The van der Waals surface area contributed by atoms with E-state index in [0.717, 1.165) is 4.47 Å². The molecule has 0 spiro atoms. The number of Topliss-reactive ketones (excluding diaryl/α,β-unsaturated/α-hetero) is 1. The van der Waals surface area contributed by atoms with Gasteiger partial charge in [-0.2, -0.15) is 7.06 Å². The molecule has 0 unspecified atom stereocenters. The normalized spacial score (nSPS) is 15.5. The Kier molecular flexibility index (Phi) is 32.1. The minimum atomic E-state index is -1.05. The Hall–Kier alpha value is -0.262. The third kappa shape index (κ3) is 26.2. The Morgan fingerprint density at radius 2 is 0.971 bits per heavy atom. The number of aromatic nitrogens is 4. The van der Waals surface area contributed by atoms with Gasteiger partial charge in [0, 0.05) is 150 Å². The summed E-state index contributed by atoms with van der Waals surface area (Å²) in [4.78, 5) is 48.7. The number of carbonyl (C=O) groups is 3. The van der Waals surface area contributed by atoms with Gasteiger partial charge in [0.15, 0.2) is 0 Å². The zero-order chi connectivity index (χ0) is 53.9. The molecule has 2 aliphatic rings. The fourth-order valence-corrected chi connectivity index (χ4v) is 7.04. The number of rotatable bonds is 15. The minimum absolute atomic E-state index is 0.0479. The van der Waals surface area contributed by atoms with Crippen LogP contribution in [0.15, 0.2) is 29.3 Å². The van der Waals surface area contributed by atoms with E-state index in [9.17, 15) is 19.5 Å². The fraction of sp³-hybridized carbons (Fsp3) is 0.577. The van der Waals surface area contributed by atoms with Gasteiger partial charge in [0.25, 0.3) is 0 Å². The molecule has 2 aliphatic carbocycles. The second-order valence-electron chi connectivity index (χ2n) is 18.4. The largest absolute Gasteiger partial charge is 0.460 e. The number of halogens is 3. The van der Waals surface area contributed by atoms with Crippen LogP contribution >= 0.6 is 39.1 Å². The van der Waals surface area contributed by atoms with E-state index >= 15 is 0 Å². The van der Waals surface area contributed by atoms with Crippen molar-refractivity contribution < 1.29 is 29.0 Å². The summed E-state index contributed by atoms with van der Waals surface area (Å²) in [5.41, 5.74) is -1.41. The van der Waals surface area contributed by atoms with Gasteiger partial charge in [0.1, 0.15) is 17.0 Å². The van der Waals surface area contributed by atoms with Gasteiger partial charge in [-0.15, -0.1) is 0 Å². The molecule has 2 aromatic rings. The number of carbonyl (C=O) groups excluding carboxylic acids is 3. The van der Waals surface area contributed by atoms with Crippen molar-refractivity contribution >= 4 is 271 Å². The van der Waals surface area contributed by atoms with Crippen molar-refractivity contribution in [2.45, 2.75) is 84.0 Å². The maximum Gasteiger partial charge on any atom is 0.310 e. The highest BCUT2D eigenvalue weighted by atomic mass is 79.9. The molecule has 2 fully saturated rings. The zero-order valence-electron chi connectivity index (χ0n) is 39.4. The van der Waals surface area contributed by atoms with E-state index in [-0.39, 0.29) is 67.0 Å². The van der Waals surface area contributed by atoms with Crippen LogP contribution in [-0.2, 0) is 29.5 Å². The highest BCUT2D eigenvalue weighted by molar-refractivity contribution is 9.10. The van der Waals surface area contributed by atoms with Crippen LogP contribution in [0.25, 0.3) is 0 Å². The van der Waals surface area contributed by atoms with E-state index in [1.165, 1.54) is 19.5 Å². The molecule has 4 rings (SSSR count). The second-order valence-corrected chi connectivity index (χ2v) is 20.0. The standard InChI is InChI=1S/C13H17ClN2O3.C9H14O3.C4H2BrClN2.B15H3.B15/c1-12(2,3)19-10(17)8-4-13(18,5-8)9-6-15-11(14)16-7-9;1-9(2,3)12-8(11)6-4-7(10)5-6;5-3-1-7-4(6)8-2-3;2*1-9-13(8)15(12(6)7)14(10(2)3)11(4)5/h6-8,18H,4-5H2,1-3H3;6H,4-5H2,1-3H3;1-2H;1H3;/q;;;-1;. The van der Waals surface area contributed by atoms with Gasteiger partial charge >= 0.3 is 11.9 Å². The Morgan fingerprint density at radius 1 is 0.652 bits per heavy atom. The van der Waals surface area contributed by atoms with E-state index in [1.54, 1.807) is 12.4 Å². The molecule has 0 aromatic carbocycles. The summed E-state index contributed by atoms with van der Waals surface area (Å²) in [5.74, 6) is -0.795. The third-order valence-corrected chi connectivity index (χ3v) is 10.8. The summed E-state index contributed by atoms with van der Waals surface area (Å²) in [6.07, 6.45) is 0.940. The van der Waals surface area contributed by atoms with E-state index in [1.807, 2.05) is 48.6 Å². The predicted molar refractivity (Wildman–Crippen MR) is 325 cm³/mol. The summed E-state index contributed by atoms with van der Waals surface area (Å²) >= 11 is 14.1.